The van der Waals surface area contributed by atoms with E-state index in [0.717, 1.165) is 26.2 Å². The number of carbonyl (C=O) groups excluding carboxylic acids is 1. The molecule has 1 amide bonds. The van der Waals surface area contributed by atoms with Gasteiger partial charge in [0.2, 0.25) is 5.91 Å². The van der Waals surface area contributed by atoms with Crippen molar-refractivity contribution in [1.82, 2.24) is 9.80 Å². The number of amides is 1. The molecule has 1 aromatic rings. The first-order chi connectivity index (χ1) is 7.75. The molecule has 0 atom stereocenters. The fourth-order valence-electron chi connectivity index (χ4n) is 1.67. The maximum atomic E-state index is 11.8. The van der Waals surface area contributed by atoms with Crippen molar-refractivity contribution in [2.24, 2.45) is 0 Å². The summed E-state index contributed by atoms with van der Waals surface area (Å²) in [6, 6.07) is 3.63. The predicted octanol–water partition coefficient (Wildman–Crippen LogP) is 1.07. The lowest BCUT2D eigenvalue weighted by Crippen LogP contribution is -2.46. The van der Waals surface area contributed by atoms with E-state index in [9.17, 15) is 4.79 Å². The van der Waals surface area contributed by atoms with Crippen LogP contribution in [-0.2, 0) is 4.79 Å². The van der Waals surface area contributed by atoms with E-state index in [1.807, 2.05) is 11.0 Å². The highest BCUT2D eigenvalue weighted by Crippen LogP contribution is 2.05. The Hall–Kier alpha value is -1.55. The second-order valence-corrected chi connectivity index (χ2v) is 3.98. The minimum Gasteiger partial charge on any atom is -0.465 e. The van der Waals surface area contributed by atoms with E-state index in [1.54, 1.807) is 24.5 Å². The number of hydrogen-bond donors (Lipinski definition) is 0. The van der Waals surface area contributed by atoms with Crippen LogP contribution in [0.4, 0.5) is 0 Å². The molecule has 4 nitrogen and oxygen atoms in total. The molecule has 0 N–H and O–H groups in total. The maximum Gasteiger partial charge on any atom is 0.246 e. The zero-order valence-electron chi connectivity index (χ0n) is 9.43. The van der Waals surface area contributed by atoms with Crippen LogP contribution < -0.4 is 0 Å². The maximum absolute atomic E-state index is 11.8. The molecular weight excluding hydrogens is 204 g/mol. The Balaban J connectivity index is 1.88. The number of piperazine rings is 1. The van der Waals surface area contributed by atoms with Crippen molar-refractivity contribution in [2.75, 3.05) is 33.2 Å². The minimum absolute atomic E-state index is 0.0597. The van der Waals surface area contributed by atoms with E-state index in [4.69, 9.17) is 4.42 Å². The van der Waals surface area contributed by atoms with Gasteiger partial charge in [-0.2, -0.15) is 0 Å². The quantitative estimate of drug-likeness (QED) is 0.699. The van der Waals surface area contributed by atoms with E-state index in [0.29, 0.717) is 5.76 Å². The van der Waals surface area contributed by atoms with Gasteiger partial charge in [-0.05, 0) is 25.3 Å². The van der Waals surface area contributed by atoms with E-state index < -0.39 is 0 Å². The zero-order valence-corrected chi connectivity index (χ0v) is 9.43. The Bertz CT molecular complexity index is 362. The van der Waals surface area contributed by atoms with Crippen molar-refractivity contribution in [1.29, 1.82) is 0 Å². The summed E-state index contributed by atoms with van der Waals surface area (Å²) in [6.45, 7) is 3.50. The molecule has 0 aliphatic carbocycles. The third kappa shape index (κ3) is 2.73. The van der Waals surface area contributed by atoms with Gasteiger partial charge in [0.05, 0.1) is 6.26 Å². The van der Waals surface area contributed by atoms with Crippen LogP contribution in [0.5, 0.6) is 0 Å². The van der Waals surface area contributed by atoms with Crippen molar-refractivity contribution in [3.8, 4) is 0 Å². The normalized spacial score (nSPS) is 18.2. The molecule has 1 aliphatic rings. The summed E-state index contributed by atoms with van der Waals surface area (Å²) < 4.78 is 5.12. The Morgan fingerprint density at radius 1 is 1.38 bits per heavy atom. The number of furan rings is 1. The smallest absolute Gasteiger partial charge is 0.246 e. The summed E-state index contributed by atoms with van der Waals surface area (Å²) in [7, 11) is 2.07. The molecule has 0 saturated carbocycles. The number of likely N-dealkylation sites (N-methyl/N-ethyl adjacent to an activating group) is 1. The molecular formula is C12H16N2O2. The van der Waals surface area contributed by atoms with Crippen molar-refractivity contribution in [3.63, 3.8) is 0 Å². The van der Waals surface area contributed by atoms with Crippen molar-refractivity contribution in [2.45, 2.75) is 0 Å². The van der Waals surface area contributed by atoms with Crippen LogP contribution >= 0.6 is 0 Å². The molecule has 1 saturated heterocycles. The van der Waals surface area contributed by atoms with Gasteiger partial charge in [0.25, 0.3) is 0 Å². The lowest BCUT2D eigenvalue weighted by atomic mass is 10.3. The lowest BCUT2D eigenvalue weighted by Gasteiger charge is -2.31. The lowest BCUT2D eigenvalue weighted by molar-refractivity contribution is -0.127. The largest absolute Gasteiger partial charge is 0.465 e. The third-order valence-corrected chi connectivity index (χ3v) is 2.75. The van der Waals surface area contributed by atoms with Gasteiger partial charge in [0.1, 0.15) is 5.76 Å². The summed E-state index contributed by atoms with van der Waals surface area (Å²) >= 11 is 0. The second kappa shape index (κ2) is 4.99. The average Bonchev–Trinajstić information content (AvgIpc) is 2.80. The first kappa shape index (κ1) is 11.0. The van der Waals surface area contributed by atoms with Crippen LogP contribution in [0.3, 0.4) is 0 Å². The summed E-state index contributed by atoms with van der Waals surface area (Å²) in [4.78, 5) is 15.9. The number of carbonyl (C=O) groups is 1. The van der Waals surface area contributed by atoms with Crippen molar-refractivity contribution in [3.05, 3.63) is 30.2 Å². The molecule has 0 aromatic carbocycles. The number of nitrogens with zero attached hydrogens (tertiary/aromatic N) is 2. The van der Waals surface area contributed by atoms with Crippen molar-refractivity contribution >= 4 is 12.0 Å². The highest BCUT2D eigenvalue weighted by atomic mass is 16.3. The fraction of sp³-hybridized carbons (Fsp3) is 0.417. The molecule has 16 heavy (non-hydrogen) atoms. The average molecular weight is 220 g/mol. The van der Waals surface area contributed by atoms with Crippen LogP contribution in [0, 0.1) is 0 Å². The minimum atomic E-state index is 0.0597. The van der Waals surface area contributed by atoms with E-state index in [-0.39, 0.29) is 5.91 Å². The van der Waals surface area contributed by atoms with Gasteiger partial charge in [0, 0.05) is 32.3 Å². The third-order valence-electron chi connectivity index (χ3n) is 2.75. The zero-order chi connectivity index (χ0) is 11.4. The van der Waals surface area contributed by atoms with Gasteiger partial charge in [0.15, 0.2) is 0 Å². The molecule has 0 radical (unpaired) electrons. The molecule has 1 aliphatic heterocycles. The Morgan fingerprint density at radius 3 is 2.75 bits per heavy atom. The molecule has 0 bridgehead atoms. The van der Waals surface area contributed by atoms with Crippen LogP contribution in [0.2, 0.25) is 0 Å². The SMILES string of the molecule is CN1CCN(C(=O)C=Cc2ccco2)CC1. The molecule has 2 heterocycles. The van der Waals surface area contributed by atoms with Gasteiger partial charge in [-0.15, -0.1) is 0 Å². The fourth-order valence-corrected chi connectivity index (χ4v) is 1.67. The first-order valence-corrected chi connectivity index (χ1v) is 5.45. The van der Waals surface area contributed by atoms with Gasteiger partial charge in [-0.1, -0.05) is 0 Å². The highest BCUT2D eigenvalue weighted by molar-refractivity contribution is 5.91. The first-order valence-electron chi connectivity index (χ1n) is 5.45. The summed E-state index contributed by atoms with van der Waals surface area (Å²) in [5.41, 5.74) is 0. The van der Waals surface area contributed by atoms with Gasteiger partial charge in [-0.25, -0.2) is 0 Å². The molecule has 2 rings (SSSR count). The monoisotopic (exact) mass is 220 g/mol. The summed E-state index contributed by atoms with van der Waals surface area (Å²) in [6.07, 6.45) is 4.88. The Kier molecular flexibility index (Phi) is 3.41. The number of rotatable bonds is 2. The van der Waals surface area contributed by atoms with Crippen LogP contribution in [0.25, 0.3) is 6.08 Å². The Labute approximate surface area is 95.1 Å². The molecule has 1 fully saturated rings. The second-order valence-electron chi connectivity index (χ2n) is 3.98. The predicted molar refractivity (Wildman–Crippen MR) is 61.8 cm³/mol. The van der Waals surface area contributed by atoms with Gasteiger partial charge >= 0.3 is 0 Å². The van der Waals surface area contributed by atoms with Gasteiger partial charge < -0.3 is 14.2 Å². The highest BCUT2D eigenvalue weighted by Gasteiger charge is 2.16. The number of hydrogen-bond acceptors (Lipinski definition) is 3. The van der Waals surface area contributed by atoms with Crippen LogP contribution in [0.15, 0.2) is 28.9 Å². The molecule has 0 unspecified atom stereocenters. The Morgan fingerprint density at radius 2 is 2.12 bits per heavy atom. The molecule has 0 spiro atoms. The van der Waals surface area contributed by atoms with E-state index in [2.05, 4.69) is 11.9 Å². The standard InChI is InChI=1S/C12H16N2O2/c1-13-6-8-14(9-7-13)12(15)5-4-11-3-2-10-16-11/h2-5,10H,6-9H2,1H3. The molecule has 86 valence electrons. The molecule has 1 aromatic heterocycles. The van der Waals surface area contributed by atoms with E-state index >= 15 is 0 Å². The topological polar surface area (TPSA) is 36.7 Å². The van der Waals surface area contributed by atoms with Gasteiger partial charge in [-0.3, -0.25) is 4.79 Å². The summed E-state index contributed by atoms with van der Waals surface area (Å²) in [5, 5.41) is 0. The van der Waals surface area contributed by atoms with Crippen LogP contribution in [0.1, 0.15) is 5.76 Å². The summed E-state index contributed by atoms with van der Waals surface area (Å²) in [5.74, 6) is 0.770. The van der Waals surface area contributed by atoms with E-state index in [1.165, 1.54) is 0 Å². The van der Waals surface area contributed by atoms with Crippen LogP contribution in [-0.4, -0.2) is 48.9 Å². The molecule has 4 heteroatoms. The van der Waals surface area contributed by atoms with Crippen molar-refractivity contribution < 1.29 is 9.21 Å².